The summed E-state index contributed by atoms with van der Waals surface area (Å²) in [5.41, 5.74) is -0.588. The number of hydrogen-bond donors (Lipinski definition) is 0. The molecule has 0 amide bonds. The highest BCUT2D eigenvalue weighted by atomic mass is 19.1. The number of nitro benzene ring substituents is 1. The van der Waals surface area contributed by atoms with E-state index in [4.69, 9.17) is 10.00 Å². The molecule has 0 radical (unpaired) electrons. The molecule has 5 nitrogen and oxygen atoms in total. The molecule has 0 fully saturated rings. The average Bonchev–Trinajstić information content (AvgIpc) is 2.41. The summed E-state index contributed by atoms with van der Waals surface area (Å²) >= 11 is 0. The van der Waals surface area contributed by atoms with Crippen molar-refractivity contribution in [1.82, 2.24) is 0 Å². The maximum Gasteiger partial charge on any atom is 0.287 e. The summed E-state index contributed by atoms with van der Waals surface area (Å²) in [5, 5.41) is 19.5. The first-order valence-electron chi connectivity index (χ1n) is 5.32. The first-order chi connectivity index (χ1) is 9.51. The third-order valence-corrected chi connectivity index (χ3v) is 2.41. The van der Waals surface area contributed by atoms with E-state index in [1.54, 1.807) is 6.07 Å². The Balaban J connectivity index is 2.35. The second kappa shape index (κ2) is 5.32. The fourth-order valence-corrected chi connectivity index (χ4v) is 1.51. The van der Waals surface area contributed by atoms with Gasteiger partial charge >= 0.3 is 0 Å². The van der Waals surface area contributed by atoms with Crippen molar-refractivity contribution in [3.8, 4) is 17.6 Å². The summed E-state index contributed by atoms with van der Waals surface area (Å²) < 4.78 is 31.2. The number of nitriles is 1. The van der Waals surface area contributed by atoms with Crippen molar-refractivity contribution in [3.05, 3.63) is 63.7 Å². The lowest BCUT2D eigenvalue weighted by Gasteiger charge is -2.07. The Morgan fingerprint density at radius 3 is 2.55 bits per heavy atom. The van der Waals surface area contributed by atoms with Crippen LogP contribution >= 0.6 is 0 Å². The van der Waals surface area contributed by atoms with Gasteiger partial charge in [0.05, 0.1) is 4.92 Å². The normalized spacial score (nSPS) is 9.85. The molecule has 0 aliphatic heterocycles. The van der Waals surface area contributed by atoms with Crippen LogP contribution < -0.4 is 4.74 Å². The second-order valence-corrected chi connectivity index (χ2v) is 3.72. The molecule has 0 aliphatic rings. The minimum atomic E-state index is -0.915. The maximum atomic E-state index is 13.4. The van der Waals surface area contributed by atoms with Crippen LogP contribution in [0.1, 0.15) is 5.56 Å². The number of halogens is 2. The van der Waals surface area contributed by atoms with Crippen LogP contribution in [0.5, 0.6) is 11.5 Å². The van der Waals surface area contributed by atoms with E-state index in [1.165, 1.54) is 6.07 Å². The van der Waals surface area contributed by atoms with Crippen LogP contribution in [0.4, 0.5) is 14.5 Å². The van der Waals surface area contributed by atoms with Crippen molar-refractivity contribution in [2.75, 3.05) is 0 Å². The minimum Gasteiger partial charge on any atom is -0.454 e. The van der Waals surface area contributed by atoms with Gasteiger partial charge in [0.1, 0.15) is 23.2 Å². The maximum absolute atomic E-state index is 13.4. The summed E-state index contributed by atoms with van der Waals surface area (Å²) in [6.45, 7) is 0. The molecular formula is C13H6F2N2O3. The lowest BCUT2D eigenvalue weighted by atomic mass is 10.2. The average molecular weight is 276 g/mol. The Bertz CT molecular complexity index is 726. The summed E-state index contributed by atoms with van der Waals surface area (Å²) in [6, 6.07) is 7.80. The molecule has 2 aromatic carbocycles. The van der Waals surface area contributed by atoms with Gasteiger partial charge in [0.25, 0.3) is 5.69 Å². The van der Waals surface area contributed by atoms with Crippen molar-refractivity contribution in [2.45, 2.75) is 0 Å². The van der Waals surface area contributed by atoms with E-state index >= 15 is 0 Å². The van der Waals surface area contributed by atoms with Crippen LogP contribution in [0.15, 0.2) is 36.4 Å². The number of hydrogen-bond acceptors (Lipinski definition) is 4. The van der Waals surface area contributed by atoms with E-state index < -0.39 is 16.6 Å². The van der Waals surface area contributed by atoms with Crippen LogP contribution in [0.3, 0.4) is 0 Å². The van der Waals surface area contributed by atoms with E-state index in [9.17, 15) is 18.9 Å². The smallest absolute Gasteiger partial charge is 0.287 e. The molecule has 0 spiro atoms. The van der Waals surface area contributed by atoms with Crippen molar-refractivity contribution < 1.29 is 18.4 Å². The zero-order valence-electron chi connectivity index (χ0n) is 9.84. The number of rotatable bonds is 3. The predicted molar refractivity (Wildman–Crippen MR) is 64.2 cm³/mol. The van der Waals surface area contributed by atoms with Gasteiger partial charge in [0.2, 0.25) is 0 Å². The number of nitro groups is 1. The summed E-state index contributed by atoms with van der Waals surface area (Å²) in [5.74, 6) is -1.88. The number of benzene rings is 2. The molecule has 0 atom stereocenters. The fourth-order valence-electron chi connectivity index (χ4n) is 1.51. The highest BCUT2D eigenvalue weighted by Crippen LogP contribution is 2.28. The van der Waals surface area contributed by atoms with Gasteiger partial charge < -0.3 is 4.74 Å². The van der Waals surface area contributed by atoms with Gasteiger partial charge in [-0.05, 0) is 18.2 Å². The molecule has 2 aromatic rings. The topological polar surface area (TPSA) is 76.2 Å². The van der Waals surface area contributed by atoms with Crippen LogP contribution in [-0.4, -0.2) is 4.92 Å². The van der Waals surface area contributed by atoms with Crippen molar-refractivity contribution in [3.63, 3.8) is 0 Å². The van der Waals surface area contributed by atoms with Gasteiger partial charge in [-0.2, -0.15) is 5.26 Å². The van der Waals surface area contributed by atoms with Gasteiger partial charge in [-0.25, -0.2) is 8.78 Å². The molecule has 0 aromatic heterocycles. The fraction of sp³-hybridized carbons (Fsp3) is 0. The first-order valence-corrected chi connectivity index (χ1v) is 5.32. The van der Waals surface area contributed by atoms with E-state index in [1.807, 2.05) is 0 Å². The Labute approximate surface area is 111 Å². The quantitative estimate of drug-likeness (QED) is 0.634. The molecule has 100 valence electrons. The van der Waals surface area contributed by atoms with Gasteiger partial charge in [-0.1, -0.05) is 0 Å². The molecule has 0 saturated heterocycles. The molecule has 0 aliphatic carbocycles. The van der Waals surface area contributed by atoms with Gasteiger partial charge in [-0.15, -0.1) is 0 Å². The van der Waals surface area contributed by atoms with Crippen LogP contribution in [0.25, 0.3) is 0 Å². The number of ether oxygens (including phenoxy) is 1. The summed E-state index contributed by atoms with van der Waals surface area (Å²) in [7, 11) is 0. The summed E-state index contributed by atoms with van der Waals surface area (Å²) in [6.07, 6.45) is 0. The van der Waals surface area contributed by atoms with Crippen molar-refractivity contribution in [2.24, 2.45) is 0 Å². The van der Waals surface area contributed by atoms with Crippen LogP contribution in [0, 0.1) is 33.1 Å². The molecule has 2 rings (SSSR count). The van der Waals surface area contributed by atoms with Gasteiger partial charge in [0.15, 0.2) is 11.6 Å². The summed E-state index contributed by atoms with van der Waals surface area (Å²) in [4.78, 5) is 9.95. The minimum absolute atomic E-state index is 0.0395. The van der Waals surface area contributed by atoms with Gasteiger partial charge in [0, 0.05) is 18.2 Å². The number of nitrogens with zero attached hydrogens (tertiary/aromatic N) is 2. The second-order valence-electron chi connectivity index (χ2n) is 3.72. The molecule has 0 N–H and O–H groups in total. The molecule has 0 unspecified atom stereocenters. The SMILES string of the molecule is N#Cc1cc(Oc2ccc(F)cc2F)ccc1[N+](=O)[O-]. The zero-order valence-corrected chi connectivity index (χ0v) is 9.84. The Morgan fingerprint density at radius 2 is 1.95 bits per heavy atom. The van der Waals surface area contributed by atoms with E-state index in [2.05, 4.69) is 0 Å². The van der Waals surface area contributed by atoms with E-state index in [-0.39, 0.29) is 22.7 Å². The van der Waals surface area contributed by atoms with Crippen LogP contribution in [0.2, 0.25) is 0 Å². The van der Waals surface area contributed by atoms with Crippen molar-refractivity contribution >= 4 is 5.69 Å². The van der Waals surface area contributed by atoms with Crippen molar-refractivity contribution in [1.29, 1.82) is 5.26 Å². The standard InChI is InChI=1S/C13H6F2N2O3/c14-9-1-4-13(11(15)6-9)20-10-2-3-12(17(18)19)8(5-10)7-16/h1-6H. The highest BCUT2D eigenvalue weighted by molar-refractivity contribution is 5.52. The molecule has 20 heavy (non-hydrogen) atoms. The van der Waals surface area contributed by atoms with E-state index in [0.29, 0.717) is 6.07 Å². The monoisotopic (exact) mass is 276 g/mol. The molecule has 0 bridgehead atoms. The van der Waals surface area contributed by atoms with Gasteiger partial charge in [-0.3, -0.25) is 10.1 Å². The Kier molecular flexibility index (Phi) is 3.57. The van der Waals surface area contributed by atoms with Crippen LogP contribution in [-0.2, 0) is 0 Å². The lowest BCUT2D eigenvalue weighted by Crippen LogP contribution is -1.94. The first kappa shape index (κ1) is 13.4. The third kappa shape index (κ3) is 2.70. The lowest BCUT2D eigenvalue weighted by molar-refractivity contribution is -0.385. The van der Waals surface area contributed by atoms with E-state index in [0.717, 1.165) is 24.3 Å². The molecular weight excluding hydrogens is 270 g/mol. The Morgan fingerprint density at radius 1 is 1.20 bits per heavy atom. The Hall–Kier alpha value is -3.01. The molecule has 0 heterocycles. The largest absolute Gasteiger partial charge is 0.454 e. The third-order valence-electron chi connectivity index (χ3n) is 2.41. The highest BCUT2D eigenvalue weighted by Gasteiger charge is 2.15. The zero-order chi connectivity index (χ0) is 14.7. The predicted octanol–water partition coefficient (Wildman–Crippen LogP) is 3.54. The molecule has 0 saturated carbocycles. The molecule has 7 heteroatoms.